The van der Waals surface area contributed by atoms with Crippen molar-refractivity contribution in [3.05, 3.63) is 70.9 Å². The van der Waals surface area contributed by atoms with Gasteiger partial charge in [0.25, 0.3) is 0 Å². The van der Waals surface area contributed by atoms with E-state index in [4.69, 9.17) is 0 Å². The number of nitrogens with one attached hydrogen (secondary N) is 1. The summed E-state index contributed by atoms with van der Waals surface area (Å²) in [4.78, 5) is 27.0. The van der Waals surface area contributed by atoms with Crippen molar-refractivity contribution in [2.75, 3.05) is 5.32 Å². The van der Waals surface area contributed by atoms with Gasteiger partial charge in [0.05, 0.1) is 11.1 Å². The minimum atomic E-state index is -0.963. The molecular weight excluding hydrogens is 328 g/mol. The van der Waals surface area contributed by atoms with Crippen molar-refractivity contribution in [3.8, 4) is 0 Å². The average Bonchev–Trinajstić information content (AvgIpc) is 2.65. The van der Waals surface area contributed by atoms with E-state index in [1.165, 1.54) is 12.3 Å². The van der Waals surface area contributed by atoms with Crippen molar-refractivity contribution < 1.29 is 14.7 Å². The smallest absolute Gasteiger partial charge is 0.336 e. The molecule has 0 saturated carbocycles. The lowest BCUT2D eigenvalue weighted by Gasteiger charge is -2.16. The topological polar surface area (TPSA) is 79.3 Å². The van der Waals surface area contributed by atoms with Crippen molar-refractivity contribution in [2.45, 2.75) is 12.8 Å². The van der Waals surface area contributed by atoms with E-state index < -0.39 is 5.97 Å². The molecule has 26 heavy (non-hydrogen) atoms. The zero-order chi connectivity index (χ0) is 18.1. The van der Waals surface area contributed by atoms with Crippen molar-refractivity contribution >= 4 is 40.6 Å². The van der Waals surface area contributed by atoms with Gasteiger partial charge in [0.1, 0.15) is 0 Å². The van der Waals surface area contributed by atoms with Crippen molar-refractivity contribution in [2.24, 2.45) is 0 Å². The highest BCUT2D eigenvalue weighted by atomic mass is 16.4. The summed E-state index contributed by atoms with van der Waals surface area (Å²) in [7, 11) is 0. The number of rotatable bonds is 3. The molecule has 2 heterocycles. The lowest BCUT2D eigenvalue weighted by Crippen LogP contribution is -2.18. The number of aromatic carboxylic acids is 1. The monoisotopic (exact) mass is 344 g/mol. The first-order chi connectivity index (χ1) is 12.6. The third-order valence-electron chi connectivity index (χ3n) is 4.49. The van der Waals surface area contributed by atoms with E-state index in [9.17, 15) is 14.7 Å². The number of amides is 1. The molecule has 1 aromatic heterocycles. The maximum Gasteiger partial charge on any atom is 0.336 e. The number of pyridine rings is 1. The highest BCUT2D eigenvalue weighted by molar-refractivity contribution is 6.03. The molecule has 0 atom stereocenters. The Morgan fingerprint density at radius 3 is 2.62 bits per heavy atom. The Hall–Kier alpha value is -3.47. The van der Waals surface area contributed by atoms with Crippen molar-refractivity contribution in [3.63, 3.8) is 0 Å². The Bertz CT molecular complexity index is 1070. The summed E-state index contributed by atoms with van der Waals surface area (Å²) in [5, 5.41) is 12.8. The Morgan fingerprint density at radius 1 is 1.04 bits per heavy atom. The zero-order valence-corrected chi connectivity index (χ0v) is 13.9. The van der Waals surface area contributed by atoms with Crippen LogP contribution in [0, 0.1) is 0 Å². The molecular formula is C21H16N2O3. The van der Waals surface area contributed by atoms with Gasteiger partial charge in [-0.15, -0.1) is 0 Å². The lowest BCUT2D eigenvalue weighted by atomic mass is 9.99. The summed E-state index contributed by atoms with van der Waals surface area (Å²) < 4.78 is 0. The second-order valence-electron chi connectivity index (χ2n) is 6.24. The third kappa shape index (κ3) is 3.07. The molecule has 5 heteroatoms. The van der Waals surface area contributed by atoms with Crippen molar-refractivity contribution in [1.29, 1.82) is 0 Å². The molecule has 1 aliphatic heterocycles. The molecule has 128 valence electrons. The minimum Gasteiger partial charge on any atom is -0.478 e. The number of anilines is 1. The Morgan fingerprint density at radius 2 is 1.81 bits per heavy atom. The SMILES string of the molecule is O=C1CCc2cc(/C=C/c3ccc4nccc(C(=O)O)c4c3)ccc2N1. The highest BCUT2D eigenvalue weighted by Crippen LogP contribution is 2.25. The molecule has 1 aliphatic rings. The van der Waals surface area contributed by atoms with Crippen LogP contribution in [0.15, 0.2) is 48.7 Å². The Balaban J connectivity index is 1.66. The summed E-state index contributed by atoms with van der Waals surface area (Å²) >= 11 is 0. The summed E-state index contributed by atoms with van der Waals surface area (Å²) in [6.07, 6.45) is 6.69. The summed E-state index contributed by atoms with van der Waals surface area (Å²) in [6, 6.07) is 13.0. The second kappa shape index (κ2) is 6.44. The third-order valence-corrected chi connectivity index (χ3v) is 4.49. The van der Waals surface area contributed by atoms with Gasteiger partial charge in [0.2, 0.25) is 5.91 Å². The quantitative estimate of drug-likeness (QED) is 0.704. The Labute approximate surface area is 150 Å². The summed E-state index contributed by atoms with van der Waals surface area (Å²) in [5.41, 5.74) is 4.84. The van der Waals surface area contributed by atoms with Crippen molar-refractivity contribution in [1.82, 2.24) is 4.98 Å². The standard InChI is InChI=1S/C21H16N2O3/c24-20-8-5-15-11-13(3-6-18(15)23-20)1-2-14-4-7-19-17(12-14)16(21(25)26)9-10-22-19/h1-4,6-7,9-12H,5,8H2,(H,23,24)(H,25,26)/b2-1+. The molecule has 0 spiro atoms. The molecule has 0 fully saturated rings. The first-order valence-electron chi connectivity index (χ1n) is 8.33. The maximum absolute atomic E-state index is 11.4. The average molecular weight is 344 g/mol. The number of carboxylic acid groups (broad SMARTS) is 1. The highest BCUT2D eigenvalue weighted by Gasteiger charge is 2.14. The van der Waals surface area contributed by atoms with E-state index in [1.807, 2.05) is 42.5 Å². The number of benzene rings is 2. The van der Waals surface area contributed by atoms with E-state index in [1.54, 1.807) is 0 Å². The number of aromatic nitrogens is 1. The number of fused-ring (bicyclic) bond motifs is 2. The van der Waals surface area contributed by atoms with E-state index in [-0.39, 0.29) is 11.5 Å². The number of nitrogens with zero attached hydrogens (tertiary/aromatic N) is 1. The van der Waals surface area contributed by atoms with Gasteiger partial charge in [0.15, 0.2) is 0 Å². The van der Waals surface area contributed by atoms with Crippen LogP contribution in [0.3, 0.4) is 0 Å². The first kappa shape index (κ1) is 16.0. The van der Waals surface area contributed by atoms with Crippen LogP contribution in [-0.2, 0) is 11.2 Å². The normalized spacial score (nSPS) is 13.6. The number of hydrogen-bond donors (Lipinski definition) is 2. The van der Waals surface area contributed by atoms with Gasteiger partial charge in [-0.3, -0.25) is 9.78 Å². The molecule has 0 aliphatic carbocycles. The van der Waals surface area contributed by atoms with Gasteiger partial charge in [-0.1, -0.05) is 24.3 Å². The molecule has 2 N–H and O–H groups in total. The number of aryl methyl sites for hydroxylation is 1. The number of hydrogen-bond acceptors (Lipinski definition) is 3. The van der Waals surface area contributed by atoms with E-state index in [2.05, 4.69) is 16.4 Å². The first-order valence-corrected chi connectivity index (χ1v) is 8.33. The molecule has 1 amide bonds. The van der Waals surface area contributed by atoms with Crippen LogP contribution in [-0.4, -0.2) is 22.0 Å². The molecule has 0 unspecified atom stereocenters. The van der Waals surface area contributed by atoms with E-state index in [0.29, 0.717) is 17.3 Å². The van der Waals surface area contributed by atoms with Gasteiger partial charge >= 0.3 is 5.97 Å². The van der Waals surface area contributed by atoms with Gasteiger partial charge < -0.3 is 10.4 Å². The maximum atomic E-state index is 11.4. The van der Waals surface area contributed by atoms with Crippen LogP contribution in [0.4, 0.5) is 5.69 Å². The van der Waals surface area contributed by atoms with Crippen LogP contribution in [0.1, 0.15) is 33.5 Å². The fourth-order valence-electron chi connectivity index (χ4n) is 3.15. The van der Waals surface area contributed by atoms with Gasteiger partial charge in [-0.25, -0.2) is 4.79 Å². The molecule has 0 saturated heterocycles. The molecule has 0 bridgehead atoms. The predicted octanol–water partition coefficient (Wildman–Crippen LogP) is 3.99. The molecule has 0 radical (unpaired) electrons. The second-order valence-corrected chi connectivity index (χ2v) is 6.24. The Kier molecular flexibility index (Phi) is 3.97. The zero-order valence-electron chi connectivity index (χ0n) is 13.9. The molecule has 4 rings (SSSR count). The number of carbonyl (C=O) groups is 2. The van der Waals surface area contributed by atoms with E-state index >= 15 is 0 Å². The molecule has 2 aromatic carbocycles. The van der Waals surface area contributed by atoms with Gasteiger partial charge in [0, 0.05) is 23.7 Å². The van der Waals surface area contributed by atoms with Gasteiger partial charge in [-0.2, -0.15) is 0 Å². The van der Waals surface area contributed by atoms with Gasteiger partial charge in [-0.05, 0) is 53.4 Å². The largest absolute Gasteiger partial charge is 0.478 e. The summed E-state index contributed by atoms with van der Waals surface area (Å²) in [5.74, 6) is -0.907. The van der Waals surface area contributed by atoms with Crippen LogP contribution in [0.25, 0.3) is 23.1 Å². The van der Waals surface area contributed by atoms with Crippen LogP contribution < -0.4 is 5.32 Å². The van der Waals surface area contributed by atoms with Crippen LogP contribution in [0.5, 0.6) is 0 Å². The van der Waals surface area contributed by atoms with Crippen LogP contribution >= 0.6 is 0 Å². The fraction of sp³-hybridized carbons (Fsp3) is 0.0952. The molecule has 3 aromatic rings. The number of carbonyl (C=O) groups excluding carboxylic acids is 1. The fourth-order valence-corrected chi connectivity index (χ4v) is 3.15. The number of carboxylic acids is 1. The summed E-state index contributed by atoms with van der Waals surface area (Å²) in [6.45, 7) is 0. The molecule has 5 nitrogen and oxygen atoms in total. The minimum absolute atomic E-state index is 0.0554. The predicted molar refractivity (Wildman–Crippen MR) is 101 cm³/mol. The lowest BCUT2D eigenvalue weighted by molar-refractivity contribution is -0.116. The van der Waals surface area contributed by atoms with Crippen LogP contribution in [0.2, 0.25) is 0 Å². The van der Waals surface area contributed by atoms with E-state index in [0.717, 1.165) is 28.8 Å².